The largest absolute Gasteiger partial charge is 0.434 e. The van der Waals surface area contributed by atoms with E-state index in [9.17, 15) is 35.9 Å². The summed E-state index contributed by atoms with van der Waals surface area (Å²) in [4.78, 5) is 29.7. The van der Waals surface area contributed by atoms with Gasteiger partial charge in [0.25, 0.3) is 6.10 Å². The summed E-state index contributed by atoms with van der Waals surface area (Å²) in [5, 5.41) is 0.592. The van der Waals surface area contributed by atoms with Crippen molar-refractivity contribution in [3.05, 3.63) is 28.8 Å². The molecule has 0 bridgehead atoms. The van der Waals surface area contributed by atoms with Crippen LogP contribution in [0.5, 0.6) is 0 Å². The molecule has 3 aliphatic rings. The Morgan fingerprint density at radius 1 is 0.975 bits per heavy atom. The number of rotatable bonds is 6. The second-order valence-electron chi connectivity index (χ2n) is 11.0. The molecule has 224 valence electrons. The maximum absolute atomic E-state index is 12.8. The number of Topliss-reactive ketones (excluding diaryl/α,β-unsaturated/α-hetero) is 1. The van der Waals surface area contributed by atoms with Crippen molar-refractivity contribution in [2.75, 3.05) is 37.6 Å². The third-order valence-electron chi connectivity index (χ3n) is 8.49. The molecule has 0 aliphatic carbocycles. The van der Waals surface area contributed by atoms with E-state index < -0.39 is 24.5 Å². The lowest BCUT2D eigenvalue weighted by atomic mass is 9.85. The minimum Gasteiger partial charge on any atom is -0.426 e. The summed E-state index contributed by atoms with van der Waals surface area (Å²) in [5.74, 6) is 0.394. The van der Waals surface area contributed by atoms with Crippen LogP contribution in [0.1, 0.15) is 57.4 Å². The summed E-state index contributed by atoms with van der Waals surface area (Å²) in [6.07, 6.45) is -12.6. The number of amides is 1. The molecule has 0 saturated carbocycles. The van der Waals surface area contributed by atoms with Gasteiger partial charge < -0.3 is 14.5 Å². The van der Waals surface area contributed by atoms with Gasteiger partial charge in [-0.05, 0) is 68.8 Å². The van der Waals surface area contributed by atoms with Crippen LogP contribution < -0.4 is 4.90 Å². The van der Waals surface area contributed by atoms with Gasteiger partial charge in [-0.1, -0.05) is 18.5 Å². The number of piperidine rings is 2. The standard InChI is InChI=1S/C27H34ClF6N3O3/c1-2-22(38)19-4-10-35(11-5-19)21-15-18(14-20(28)16-21)17-37-9-3-6-25(37)7-12-36(13-8-25)24(39)40-23(26(29,30)31)27(32,33)34/h14-16,19,23H,2-13,17H2,1H3. The molecule has 3 heterocycles. The van der Waals surface area contributed by atoms with Crippen LogP contribution in [0, 0.1) is 5.92 Å². The maximum atomic E-state index is 12.8. The Hall–Kier alpha value is -2.21. The van der Waals surface area contributed by atoms with Crippen LogP contribution in [0.15, 0.2) is 18.2 Å². The molecule has 1 spiro atoms. The first-order valence-electron chi connectivity index (χ1n) is 13.6. The number of alkyl halides is 6. The van der Waals surface area contributed by atoms with Crippen molar-refractivity contribution in [1.82, 2.24) is 9.80 Å². The molecular formula is C27H34ClF6N3O3. The predicted octanol–water partition coefficient (Wildman–Crippen LogP) is 6.60. The smallest absolute Gasteiger partial charge is 0.426 e. The number of nitrogens with zero attached hydrogens (tertiary/aromatic N) is 3. The molecule has 4 rings (SSSR count). The Labute approximate surface area is 234 Å². The quantitative estimate of drug-likeness (QED) is 0.346. The third-order valence-corrected chi connectivity index (χ3v) is 8.70. The highest BCUT2D eigenvalue weighted by Gasteiger charge is 2.60. The number of ketones is 1. The summed E-state index contributed by atoms with van der Waals surface area (Å²) in [6, 6.07) is 5.89. The van der Waals surface area contributed by atoms with Crippen molar-refractivity contribution < 1.29 is 40.7 Å². The van der Waals surface area contributed by atoms with Crippen LogP contribution in [0.3, 0.4) is 0 Å². The Morgan fingerprint density at radius 2 is 1.60 bits per heavy atom. The van der Waals surface area contributed by atoms with Gasteiger partial charge in [0.05, 0.1) is 0 Å². The molecule has 3 aliphatic heterocycles. The summed E-state index contributed by atoms with van der Waals surface area (Å²) in [6.45, 7) is 4.77. The van der Waals surface area contributed by atoms with Gasteiger partial charge in [0.2, 0.25) is 0 Å². The molecule has 1 amide bonds. The van der Waals surface area contributed by atoms with Crippen LogP contribution in [0.2, 0.25) is 5.02 Å². The highest BCUT2D eigenvalue weighted by atomic mass is 35.5. The number of benzene rings is 1. The van der Waals surface area contributed by atoms with E-state index in [1.165, 1.54) is 0 Å². The zero-order chi connectivity index (χ0) is 29.3. The lowest BCUT2D eigenvalue weighted by Crippen LogP contribution is -2.54. The Balaban J connectivity index is 1.38. The average Bonchev–Trinajstić information content (AvgIpc) is 3.26. The van der Waals surface area contributed by atoms with Crippen LogP contribution in [0.4, 0.5) is 36.8 Å². The van der Waals surface area contributed by atoms with Gasteiger partial charge in [-0.15, -0.1) is 0 Å². The number of ether oxygens (including phenoxy) is 1. The van der Waals surface area contributed by atoms with Crippen molar-refractivity contribution >= 4 is 29.2 Å². The van der Waals surface area contributed by atoms with Crippen molar-refractivity contribution in [2.24, 2.45) is 5.92 Å². The number of hydrogen-bond acceptors (Lipinski definition) is 5. The monoisotopic (exact) mass is 597 g/mol. The molecule has 0 radical (unpaired) electrons. The minimum absolute atomic E-state index is 0.00396. The molecule has 1 aromatic rings. The molecule has 0 aromatic heterocycles. The van der Waals surface area contributed by atoms with Crippen LogP contribution in [0.25, 0.3) is 0 Å². The number of hydrogen-bond donors (Lipinski definition) is 0. The fourth-order valence-corrected chi connectivity index (χ4v) is 6.54. The molecule has 0 unspecified atom stereocenters. The summed E-state index contributed by atoms with van der Waals surface area (Å²) >= 11 is 6.48. The number of carbonyl (C=O) groups is 2. The molecule has 6 nitrogen and oxygen atoms in total. The SMILES string of the molecule is CCC(=O)C1CCN(c2cc(Cl)cc(CN3CCCC34CCN(C(=O)OC(C(F)(F)F)C(F)(F)F)CC4)c2)CC1. The number of carbonyl (C=O) groups excluding carboxylic acids is 2. The van der Waals surface area contributed by atoms with Crippen LogP contribution in [-0.2, 0) is 16.1 Å². The van der Waals surface area contributed by atoms with E-state index in [-0.39, 0.29) is 24.5 Å². The van der Waals surface area contributed by atoms with E-state index in [1.54, 1.807) is 0 Å². The number of likely N-dealkylation sites (tertiary alicyclic amines) is 2. The first kappa shape index (κ1) is 30.7. The first-order chi connectivity index (χ1) is 18.7. The Kier molecular flexibility index (Phi) is 9.19. The predicted molar refractivity (Wildman–Crippen MR) is 137 cm³/mol. The third kappa shape index (κ3) is 6.98. The van der Waals surface area contributed by atoms with Crippen LogP contribution in [-0.4, -0.2) is 78.4 Å². The topological polar surface area (TPSA) is 53.1 Å². The molecule has 3 saturated heterocycles. The van der Waals surface area contributed by atoms with Crippen LogP contribution >= 0.6 is 11.6 Å². The van der Waals surface area contributed by atoms with Crippen molar-refractivity contribution in [3.63, 3.8) is 0 Å². The number of halogens is 7. The fourth-order valence-electron chi connectivity index (χ4n) is 6.28. The Morgan fingerprint density at radius 3 is 2.17 bits per heavy atom. The molecule has 1 aromatic carbocycles. The molecule has 3 fully saturated rings. The van der Waals surface area contributed by atoms with Gasteiger partial charge in [0.15, 0.2) is 0 Å². The lowest BCUT2D eigenvalue weighted by Gasteiger charge is -2.45. The van der Waals surface area contributed by atoms with Crippen molar-refractivity contribution in [2.45, 2.75) is 82.4 Å². The highest BCUT2D eigenvalue weighted by Crippen LogP contribution is 2.41. The normalized spacial score (nSPS) is 20.9. The van der Waals surface area contributed by atoms with Crippen molar-refractivity contribution in [1.29, 1.82) is 0 Å². The summed E-state index contributed by atoms with van der Waals surface area (Å²) in [5.41, 5.74) is 1.67. The zero-order valence-corrected chi connectivity index (χ0v) is 23.0. The van der Waals surface area contributed by atoms with E-state index >= 15 is 0 Å². The van der Waals surface area contributed by atoms with E-state index in [2.05, 4.69) is 20.6 Å². The molecule has 0 N–H and O–H groups in total. The second-order valence-corrected chi connectivity index (χ2v) is 11.4. The Bertz CT molecular complexity index is 1050. The zero-order valence-electron chi connectivity index (χ0n) is 22.3. The van der Waals surface area contributed by atoms with E-state index in [4.69, 9.17) is 11.6 Å². The minimum atomic E-state index is -5.74. The van der Waals surface area contributed by atoms with E-state index in [0.29, 0.717) is 36.6 Å². The van der Waals surface area contributed by atoms with E-state index in [1.807, 2.05) is 19.1 Å². The van der Waals surface area contributed by atoms with Gasteiger partial charge in [-0.25, -0.2) is 4.79 Å². The second kappa shape index (κ2) is 12.0. The number of anilines is 1. The van der Waals surface area contributed by atoms with Gasteiger partial charge >= 0.3 is 18.4 Å². The fraction of sp³-hybridized carbons (Fsp3) is 0.704. The molecule has 40 heavy (non-hydrogen) atoms. The summed E-state index contributed by atoms with van der Waals surface area (Å²) < 4.78 is 80.9. The average molecular weight is 598 g/mol. The summed E-state index contributed by atoms with van der Waals surface area (Å²) in [7, 11) is 0. The van der Waals surface area contributed by atoms with E-state index in [0.717, 1.165) is 61.5 Å². The molecule has 0 atom stereocenters. The van der Waals surface area contributed by atoms with Gasteiger partial charge in [-0.2, -0.15) is 26.3 Å². The first-order valence-corrected chi connectivity index (χ1v) is 14.0. The van der Waals surface area contributed by atoms with Gasteiger partial charge in [-0.3, -0.25) is 9.69 Å². The van der Waals surface area contributed by atoms with Gasteiger partial charge in [0.1, 0.15) is 5.78 Å². The maximum Gasteiger partial charge on any atom is 0.434 e. The lowest BCUT2D eigenvalue weighted by molar-refractivity contribution is -0.308. The highest BCUT2D eigenvalue weighted by molar-refractivity contribution is 6.30. The van der Waals surface area contributed by atoms with Crippen molar-refractivity contribution in [3.8, 4) is 0 Å². The molecule has 13 heteroatoms. The molecular weight excluding hydrogens is 564 g/mol. The van der Waals surface area contributed by atoms with Gasteiger partial charge in [0, 0.05) is 61.3 Å².